The van der Waals surface area contributed by atoms with E-state index in [1.165, 1.54) is 17.7 Å². The summed E-state index contributed by atoms with van der Waals surface area (Å²) >= 11 is 1.75. The summed E-state index contributed by atoms with van der Waals surface area (Å²) in [5, 5.41) is 4.28. The zero-order valence-corrected chi connectivity index (χ0v) is 11.5. The van der Waals surface area contributed by atoms with Crippen LogP contribution in [-0.4, -0.2) is 26.3 Å². The van der Waals surface area contributed by atoms with Crippen molar-refractivity contribution in [2.45, 2.75) is 32.1 Å². The summed E-state index contributed by atoms with van der Waals surface area (Å²) in [4.78, 5) is 5.94. The van der Waals surface area contributed by atoms with Crippen LogP contribution in [0.4, 0.5) is 0 Å². The Labute approximate surface area is 106 Å². The van der Waals surface area contributed by atoms with Crippen molar-refractivity contribution >= 4 is 11.3 Å². The Morgan fingerprint density at radius 2 is 2.24 bits per heavy atom. The molecule has 0 amide bonds. The summed E-state index contributed by atoms with van der Waals surface area (Å²) in [6.45, 7) is 1.42. The number of nitrogens with zero attached hydrogens (tertiary/aromatic N) is 1. The topological polar surface area (TPSA) is 43.4 Å². The minimum atomic E-state index is 0.182. The molecule has 1 atom stereocenters. The third-order valence-electron chi connectivity index (χ3n) is 2.96. The van der Waals surface area contributed by atoms with Gasteiger partial charge in [0.2, 0.25) is 0 Å². The van der Waals surface area contributed by atoms with Crippen LogP contribution < -0.4 is 5.32 Å². The fourth-order valence-corrected chi connectivity index (χ4v) is 3.22. The van der Waals surface area contributed by atoms with Gasteiger partial charge in [-0.25, -0.2) is 4.98 Å². The Morgan fingerprint density at radius 3 is 2.76 bits per heavy atom. The van der Waals surface area contributed by atoms with Crippen LogP contribution in [0.5, 0.6) is 0 Å². The van der Waals surface area contributed by atoms with Gasteiger partial charge in [0, 0.05) is 25.6 Å². The van der Waals surface area contributed by atoms with E-state index in [9.17, 15) is 0 Å². The van der Waals surface area contributed by atoms with Crippen molar-refractivity contribution in [3.63, 3.8) is 0 Å². The van der Waals surface area contributed by atoms with Crippen LogP contribution in [0.1, 0.15) is 34.5 Å². The number of hydrogen-bond donors (Lipinski definition) is 1. The second-order valence-electron chi connectivity index (χ2n) is 4.38. The Morgan fingerprint density at radius 1 is 1.47 bits per heavy atom. The first kappa shape index (κ1) is 13.0. The molecule has 0 aliphatic heterocycles. The van der Waals surface area contributed by atoms with E-state index in [-0.39, 0.29) is 6.10 Å². The summed E-state index contributed by atoms with van der Waals surface area (Å²) in [5.74, 6) is 0.670. The van der Waals surface area contributed by atoms with Gasteiger partial charge < -0.3 is 14.8 Å². The predicted octanol–water partition coefficient (Wildman–Crippen LogP) is 2.11. The van der Waals surface area contributed by atoms with Gasteiger partial charge in [0.1, 0.15) is 11.1 Å². The lowest BCUT2D eigenvalue weighted by Gasteiger charge is -2.10. The number of aromatic nitrogens is 1. The van der Waals surface area contributed by atoms with Gasteiger partial charge >= 0.3 is 0 Å². The zero-order valence-electron chi connectivity index (χ0n) is 10.7. The minimum absolute atomic E-state index is 0.182. The lowest BCUT2D eigenvalue weighted by Crippen LogP contribution is -2.06. The molecule has 1 unspecified atom stereocenters. The summed E-state index contributed by atoms with van der Waals surface area (Å²) in [5.41, 5.74) is 1.05. The Kier molecular flexibility index (Phi) is 4.50. The smallest absolute Gasteiger partial charge is 0.122 e. The van der Waals surface area contributed by atoms with Crippen molar-refractivity contribution in [3.8, 4) is 0 Å². The average Bonchev–Trinajstić information content (AvgIpc) is 3.06. The SMILES string of the molecule is CNCc1sc(C(OC)C2CC2)nc1COC. The van der Waals surface area contributed by atoms with E-state index in [2.05, 4.69) is 10.3 Å². The molecule has 96 valence electrons. The van der Waals surface area contributed by atoms with Gasteiger partial charge in [-0.15, -0.1) is 11.3 Å². The lowest BCUT2D eigenvalue weighted by molar-refractivity contribution is 0.0839. The molecule has 1 aliphatic rings. The predicted molar refractivity (Wildman–Crippen MR) is 68.1 cm³/mol. The monoisotopic (exact) mass is 256 g/mol. The first-order chi connectivity index (χ1) is 8.30. The average molecular weight is 256 g/mol. The van der Waals surface area contributed by atoms with E-state index in [0.29, 0.717) is 12.5 Å². The van der Waals surface area contributed by atoms with E-state index in [1.807, 2.05) is 7.05 Å². The maximum absolute atomic E-state index is 5.57. The number of thiazole rings is 1. The molecule has 0 bridgehead atoms. The fourth-order valence-electron chi connectivity index (χ4n) is 1.97. The molecule has 2 rings (SSSR count). The van der Waals surface area contributed by atoms with E-state index >= 15 is 0 Å². The number of rotatable bonds is 7. The molecule has 1 N–H and O–H groups in total. The molecule has 0 spiro atoms. The molecular weight excluding hydrogens is 236 g/mol. The number of ether oxygens (including phenoxy) is 2. The molecule has 1 saturated carbocycles. The van der Waals surface area contributed by atoms with Crippen molar-refractivity contribution in [3.05, 3.63) is 15.6 Å². The number of hydrogen-bond acceptors (Lipinski definition) is 5. The van der Waals surface area contributed by atoms with Crippen LogP contribution in [0, 0.1) is 5.92 Å². The van der Waals surface area contributed by atoms with Gasteiger partial charge in [-0.05, 0) is 25.8 Å². The second kappa shape index (κ2) is 5.91. The first-order valence-corrected chi connectivity index (χ1v) is 6.76. The van der Waals surface area contributed by atoms with Gasteiger partial charge in [-0.1, -0.05) is 0 Å². The molecular formula is C12H20N2O2S. The molecule has 1 aromatic heterocycles. The quantitative estimate of drug-likeness (QED) is 0.811. The third kappa shape index (κ3) is 3.04. The fraction of sp³-hybridized carbons (Fsp3) is 0.750. The highest BCUT2D eigenvalue weighted by Crippen LogP contribution is 2.44. The first-order valence-electron chi connectivity index (χ1n) is 5.95. The number of nitrogens with one attached hydrogen (secondary N) is 1. The molecule has 1 aromatic rings. The van der Waals surface area contributed by atoms with E-state index < -0.39 is 0 Å². The van der Waals surface area contributed by atoms with Gasteiger partial charge in [-0.3, -0.25) is 0 Å². The van der Waals surface area contributed by atoms with Crippen LogP contribution in [0.25, 0.3) is 0 Å². The van der Waals surface area contributed by atoms with Gasteiger partial charge in [-0.2, -0.15) is 0 Å². The lowest BCUT2D eigenvalue weighted by atomic mass is 10.2. The van der Waals surface area contributed by atoms with Crippen molar-refractivity contribution in [2.24, 2.45) is 5.92 Å². The van der Waals surface area contributed by atoms with Crippen LogP contribution >= 0.6 is 11.3 Å². The summed E-state index contributed by atoms with van der Waals surface area (Å²) < 4.78 is 10.8. The number of methoxy groups -OCH3 is 2. The maximum atomic E-state index is 5.57. The van der Waals surface area contributed by atoms with Crippen molar-refractivity contribution in [1.82, 2.24) is 10.3 Å². The van der Waals surface area contributed by atoms with E-state index in [1.54, 1.807) is 25.6 Å². The van der Waals surface area contributed by atoms with Gasteiger partial charge in [0.25, 0.3) is 0 Å². The Hall–Kier alpha value is -0.490. The Bertz CT molecular complexity index is 340. The molecule has 1 heterocycles. The summed E-state index contributed by atoms with van der Waals surface area (Å²) in [6.07, 6.45) is 2.71. The van der Waals surface area contributed by atoms with E-state index in [0.717, 1.165) is 17.2 Å². The molecule has 17 heavy (non-hydrogen) atoms. The molecule has 0 aromatic carbocycles. The molecule has 1 fully saturated rings. The molecule has 1 aliphatic carbocycles. The van der Waals surface area contributed by atoms with Crippen LogP contribution in [-0.2, 0) is 22.6 Å². The van der Waals surface area contributed by atoms with Crippen LogP contribution in [0.15, 0.2) is 0 Å². The zero-order chi connectivity index (χ0) is 12.3. The highest BCUT2D eigenvalue weighted by molar-refractivity contribution is 7.11. The van der Waals surface area contributed by atoms with Gasteiger partial charge in [0.15, 0.2) is 0 Å². The molecule has 4 nitrogen and oxygen atoms in total. The van der Waals surface area contributed by atoms with Crippen LogP contribution in [0.3, 0.4) is 0 Å². The van der Waals surface area contributed by atoms with Crippen LogP contribution in [0.2, 0.25) is 0 Å². The highest BCUT2D eigenvalue weighted by Gasteiger charge is 2.34. The standard InChI is InChI=1S/C12H20N2O2S/c1-13-6-10-9(7-15-2)14-12(17-10)11(16-3)8-4-5-8/h8,11,13H,4-7H2,1-3H3. The molecule has 0 radical (unpaired) electrons. The minimum Gasteiger partial charge on any atom is -0.378 e. The van der Waals surface area contributed by atoms with Crippen molar-refractivity contribution < 1.29 is 9.47 Å². The normalized spacial score (nSPS) is 17.4. The second-order valence-corrected chi connectivity index (χ2v) is 5.49. The molecule has 5 heteroatoms. The molecule has 0 saturated heterocycles. The highest BCUT2D eigenvalue weighted by atomic mass is 32.1. The largest absolute Gasteiger partial charge is 0.378 e. The summed E-state index contributed by atoms with van der Waals surface area (Å²) in [7, 11) is 5.43. The van der Waals surface area contributed by atoms with E-state index in [4.69, 9.17) is 9.47 Å². The maximum Gasteiger partial charge on any atom is 0.122 e. The van der Waals surface area contributed by atoms with Crippen molar-refractivity contribution in [2.75, 3.05) is 21.3 Å². The third-order valence-corrected chi connectivity index (χ3v) is 4.12. The van der Waals surface area contributed by atoms with Crippen molar-refractivity contribution in [1.29, 1.82) is 0 Å². The summed E-state index contributed by atoms with van der Waals surface area (Å²) in [6, 6.07) is 0. The Balaban J connectivity index is 2.18. The van der Waals surface area contributed by atoms with Gasteiger partial charge in [0.05, 0.1) is 12.3 Å².